The monoisotopic (exact) mass is 310 g/mol. The second kappa shape index (κ2) is 6.62. The third kappa shape index (κ3) is 3.43. The SMILES string of the molecule is N#CCN(CC#N)S(=O)(=O)c1cc(NN)ccc1[N+](=O)[O-]. The number of nitrogen functional groups attached to an aromatic ring is 1. The van der Waals surface area contributed by atoms with Gasteiger partial charge in [0, 0.05) is 6.07 Å². The van der Waals surface area contributed by atoms with Gasteiger partial charge in [0.25, 0.3) is 15.7 Å². The first kappa shape index (κ1) is 16.3. The molecule has 0 heterocycles. The Balaban J connectivity index is 3.51. The number of hydrogen-bond acceptors (Lipinski definition) is 8. The summed E-state index contributed by atoms with van der Waals surface area (Å²) in [6.07, 6.45) is 0. The Morgan fingerprint density at radius 2 is 1.90 bits per heavy atom. The second-order valence-corrected chi connectivity index (χ2v) is 5.58. The topological polar surface area (TPSA) is 166 Å². The van der Waals surface area contributed by atoms with Gasteiger partial charge in [0.15, 0.2) is 4.90 Å². The molecule has 0 radical (unpaired) electrons. The number of hydrazine groups is 1. The third-order valence-corrected chi connectivity index (χ3v) is 4.26. The first-order valence-corrected chi connectivity index (χ1v) is 6.81. The molecule has 10 nitrogen and oxygen atoms in total. The van der Waals surface area contributed by atoms with Crippen LogP contribution in [0.5, 0.6) is 0 Å². The molecule has 21 heavy (non-hydrogen) atoms. The molecule has 0 amide bonds. The number of sulfonamides is 1. The average Bonchev–Trinajstić information content (AvgIpc) is 2.46. The number of benzene rings is 1. The van der Waals surface area contributed by atoms with Gasteiger partial charge in [0.05, 0.1) is 22.7 Å². The number of nitrogens with zero attached hydrogens (tertiary/aromatic N) is 4. The lowest BCUT2D eigenvalue weighted by Crippen LogP contribution is -2.32. The molecule has 0 aromatic heterocycles. The molecule has 1 aromatic rings. The fraction of sp³-hybridized carbons (Fsp3) is 0.200. The number of anilines is 1. The summed E-state index contributed by atoms with van der Waals surface area (Å²) in [7, 11) is -4.38. The number of hydrogen-bond donors (Lipinski definition) is 2. The number of nitro benzene ring substituents is 1. The molecule has 0 aliphatic carbocycles. The standard InChI is InChI=1S/C10H10N6O4S/c11-3-5-15(6-4-12)21(19,20)10-7-8(14-13)1-2-9(10)16(17)18/h1-2,7,14H,5-6,13H2. The van der Waals surface area contributed by atoms with Gasteiger partial charge in [-0.05, 0) is 12.1 Å². The summed E-state index contributed by atoms with van der Waals surface area (Å²) in [5.41, 5.74) is 1.63. The van der Waals surface area contributed by atoms with Gasteiger partial charge < -0.3 is 5.43 Å². The van der Waals surface area contributed by atoms with Gasteiger partial charge in [-0.25, -0.2) is 8.42 Å². The van der Waals surface area contributed by atoms with Crippen LogP contribution in [0.3, 0.4) is 0 Å². The van der Waals surface area contributed by atoms with Gasteiger partial charge in [-0.2, -0.15) is 14.8 Å². The van der Waals surface area contributed by atoms with E-state index in [1.54, 1.807) is 12.1 Å². The van der Waals surface area contributed by atoms with Crippen molar-refractivity contribution in [3.63, 3.8) is 0 Å². The van der Waals surface area contributed by atoms with Crippen LogP contribution < -0.4 is 11.3 Å². The van der Waals surface area contributed by atoms with E-state index in [1.807, 2.05) is 0 Å². The Bertz CT molecular complexity index is 717. The minimum Gasteiger partial charge on any atom is -0.324 e. The van der Waals surface area contributed by atoms with Crippen molar-refractivity contribution in [3.05, 3.63) is 28.3 Å². The van der Waals surface area contributed by atoms with Crippen molar-refractivity contribution in [3.8, 4) is 12.1 Å². The molecule has 0 aliphatic rings. The van der Waals surface area contributed by atoms with Crippen molar-refractivity contribution in [2.45, 2.75) is 4.90 Å². The lowest BCUT2D eigenvalue weighted by molar-refractivity contribution is -0.387. The summed E-state index contributed by atoms with van der Waals surface area (Å²) in [5.74, 6) is 5.15. The van der Waals surface area contributed by atoms with Gasteiger partial charge in [0.1, 0.15) is 13.1 Å². The molecule has 1 rings (SSSR count). The molecular weight excluding hydrogens is 300 g/mol. The van der Waals surface area contributed by atoms with Crippen molar-refractivity contribution >= 4 is 21.4 Å². The average molecular weight is 310 g/mol. The summed E-state index contributed by atoms with van der Waals surface area (Å²) in [4.78, 5) is 9.43. The maximum absolute atomic E-state index is 12.4. The van der Waals surface area contributed by atoms with Crippen LogP contribution in [-0.4, -0.2) is 30.7 Å². The molecule has 3 N–H and O–H groups in total. The van der Waals surface area contributed by atoms with Crippen molar-refractivity contribution < 1.29 is 13.3 Å². The zero-order chi connectivity index (χ0) is 16.0. The highest BCUT2D eigenvalue weighted by Gasteiger charge is 2.31. The molecule has 0 saturated heterocycles. The fourth-order valence-electron chi connectivity index (χ4n) is 1.48. The van der Waals surface area contributed by atoms with Crippen LogP contribution in [0.15, 0.2) is 23.1 Å². The van der Waals surface area contributed by atoms with Crippen molar-refractivity contribution in [1.29, 1.82) is 10.5 Å². The van der Waals surface area contributed by atoms with Crippen LogP contribution in [0.4, 0.5) is 11.4 Å². The molecule has 0 atom stereocenters. The lowest BCUT2D eigenvalue weighted by atomic mass is 10.3. The zero-order valence-corrected chi connectivity index (χ0v) is 11.4. The second-order valence-electron chi connectivity index (χ2n) is 3.67. The number of nitriles is 2. The van der Waals surface area contributed by atoms with E-state index in [4.69, 9.17) is 16.4 Å². The van der Waals surface area contributed by atoms with Crippen molar-refractivity contribution in [2.75, 3.05) is 18.5 Å². The molecular formula is C10H10N6O4S. The minimum atomic E-state index is -4.38. The highest BCUT2D eigenvalue weighted by Crippen LogP contribution is 2.29. The van der Waals surface area contributed by atoms with Gasteiger partial charge >= 0.3 is 0 Å². The van der Waals surface area contributed by atoms with Crippen molar-refractivity contribution in [1.82, 2.24) is 4.31 Å². The van der Waals surface area contributed by atoms with Gasteiger partial charge in [0.2, 0.25) is 0 Å². The van der Waals surface area contributed by atoms with Crippen LogP contribution in [0.25, 0.3) is 0 Å². The summed E-state index contributed by atoms with van der Waals surface area (Å²) >= 11 is 0. The molecule has 110 valence electrons. The molecule has 0 spiro atoms. The van der Waals surface area contributed by atoms with E-state index < -0.39 is 38.6 Å². The van der Waals surface area contributed by atoms with E-state index in [9.17, 15) is 18.5 Å². The van der Waals surface area contributed by atoms with E-state index in [2.05, 4.69) is 5.43 Å². The van der Waals surface area contributed by atoms with Crippen LogP contribution in [0, 0.1) is 32.8 Å². The molecule has 0 aliphatic heterocycles. The van der Waals surface area contributed by atoms with E-state index in [-0.39, 0.29) is 5.69 Å². The van der Waals surface area contributed by atoms with E-state index in [0.29, 0.717) is 4.31 Å². The normalized spacial score (nSPS) is 10.7. The number of rotatable bonds is 6. The molecule has 11 heteroatoms. The predicted octanol–water partition coefficient (Wildman–Crippen LogP) is -0.0817. The van der Waals surface area contributed by atoms with E-state index in [1.165, 1.54) is 6.07 Å². The Kier molecular flexibility index (Phi) is 5.15. The maximum Gasteiger partial charge on any atom is 0.289 e. The molecule has 0 bridgehead atoms. The summed E-state index contributed by atoms with van der Waals surface area (Å²) in [6.45, 7) is -1.21. The molecule has 1 aromatic carbocycles. The largest absolute Gasteiger partial charge is 0.324 e. The van der Waals surface area contributed by atoms with Crippen LogP contribution in [0.2, 0.25) is 0 Å². The van der Waals surface area contributed by atoms with Crippen LogP contribution >= 0.6 is 0 Å². The van der Waals surface area contributed by atoms with Gasteiger partial charge in [-0.1, -0.05) is 0 Å². The van der Waals surface area contributed by atoms with Gasteiger partial charge in [-0.3, -0.25) is 16.0 Å². The quantitative estimate of drug-likeness (QED) is 0.318. The summed E-state index contributed by atoms with van der Waals surface area (Å²) < 4.78 is 25.2. The highest BCUT2D eigenvalue weighted by atomic mass is 32.2. The van der Waals surface area contributed by atoms with Gasteiger partial charge in [-0.15, -0.1) is 0 Å². The van der Waals surface area contributed by atoms with E-state index in [0.717, 1.165) is 12.1 Å². The van der Waals surface area contributed by atoms with Crippen LogP contribution in [0.1, 0.15) is 0 Å². The van der Waals surface area contributed by atoms with Crippen LogP contribution in [-0.2, 0) is 10.0 Å². The fourth-order valence-corrected chi connectivity index (χ4v) is 2.90. The zero-order valence-electron chi connectivity index (χ0n) is 10.6. The number of nitrogens with two attached hydrogens (primary N) is 1. The lowest BCUT2D eigenvalue weighted by Gasteiger charge is -2.16. The summed E-state index contributed by atoms with van der Waals surface area (Å²) in [5, 5.41) is 28.2. The smallest absolute Gasteiger partial charge is 0.289 e. The van der Waals surface area contributed by atoms with Crippen molar-refractivity contribution in [2.24, 2.45) is 5.84 Å². The predicted molar refractivity (Wildman–Crippen MR) is 70.9 cm³/mol. The molecule has 0 fully saturated rings. The Morgan fingerprint density at radius 1 is 1.33 bits per heavy atom. The first-order valence-electron chi connectivity index (χ1n) is 5.37. The number of nitrogens with one attached hydrogen (secondary N) is 1. The Hall–Kier alpha value is -2.73. The molecule has 0 saturated carbocycles. The first-order chi connectivity index (χ1) is 9.88. The molecule has 0 unspecified atom stereocenters. The highest BCUT2D eigenvalue weighted by molar-refractivity contribution is 7.89. The maximum atomic E-state index is 12.4. The summed E-state index contributed by atoms with van der Waals surface area (Å²) in [6, 6.07) is 6.35. The Labute approximate surface area is 120 Å². The Morgan fingerprint density at radius 3 is 2.33 bits per heavy atom. The minimum absolute atomic E-state index is 0.132. The third-order valence-electron chi connectivity index (χ3n) is 2.44. The van der Waals surface area contributed by atoms with E-state index >= 15 is 0 Å². The number of nitro groups is 1.